The van der Waals surface area contributed by atoms with E-state index in [4.69, 9.17) is 20.4 Å². The zero-order chi connectivity index (χ0) is 46.8. The minimum Gasteiger partial charge on any atom is -0.478 e. The highest BCUT2D eigenvalue weighted by molar-refractivity contribution is 5.92. The number of fused-ring (bicyclic) bond motifs is 1. The van der Waals surface area contributed by atoms with E-state index in [1.165, 1.54) is 24.0 Å². The fourth-order valence-corrected chi connectivity index (χ4v) is 8.45. The fraction of sp³-hybridized carbons (Fsp3) is 0.500. The normalized spacial score (nSPS) is 18.1. The first kappa shape index (κ1) is 50.4. The maximum atomic E-state index is 14.2. The van der Waals surface area contributed by atoms with Crippen molar-refractivity contribution in [1.82, 2.24) is 29.8 Å². The zero-order valence-corrected chi connectivity index (χ0v) is 37.0. The van der Waals surface area contributed by atoms with Crippen LogP contribution in [0.25, 0.3) is 0 Å². The molecule has 6 N–H and O–H groups in total. The zero-order valence-electron chi connectivity index (χ0n) is 37.0. The van der Waals surface area contributed by atoms with Crippen molar-refractivity contribution in [3.05, 3.63) is 89.0 Å². The van der Waals surface area contributed by atoms with Crippen molar-refractivity contribution in [2.45, 2.75) is 83.3 Å². The Labute approximate surface area is 374 Å². The molecule has 18 heteroatoms. The fourth-order valence-electron chi connectivity index (χ4n) is 8.45. The van der Waals surface area contributed by atoms with Gasteiger partial charge in [-0.05, 0) is 93.4 Å². The number of piperidine rings is 2. The van der Waals surface area contributed by atoms with Crippen LogP contribution in [0.15, 0.2) is 66.8 Å². The van der Waals surface area contributed by atoms with Crippen LogP contribution in [0, 0.1) is 0 Å². The average Bonchev–Trinajstić information content (AvgIpc) is 3.45. The second-order valence-corrected chi connectivity index (χ2v) is 16.2. The lowest BCUT2D eigenvalue weighted by molar-refractivity contribution is -0.135. The Morgan fingerprint density at radius 2 is 1.23 bits per heavy atom. The number of likely N-dealkylation sites (tertiary alicyclic amines) is 2. The Bertz CT molecular complexity index is 1930. The number of carbonyl (C=O) groups excluding carboxylic acids is 3. The number of hydrogen-bond acceptors (Lipinski definition) is 9. The molecule has 1 atom stereocenters. The Hall–Kier alpha value is -6.27. The number of carboxylic acids is 4. The number of urea groups is 2. The van der Waals surface area contributed by atoms with E-state index in [1.54, 1.807) is 0 Å². The van der Waals surface area contributed by atoms with Gasteiger partial charge in [0.2, 0.25) is 5.91 Å². The van der Waals surface area contributed by atoms with Gasteiger partial charge in [-0.3, -0.25) is 9.69 Å². The third-order valence-electron chi connectivity index (χ3n) is 12.0. The number of nitrogens with one attached hydrogen (secondary N) is 2. The molecule has 64 heavy (non-hydrogen) atoms. The summed E-state index contributed by atoms with van der Waals surface area (Å²) in [6.45, 7) is 11.5. The van der Waals surface area contributed by atoms with Gasteiger partial charge in [-0.2, -0.15) is 0 Å². The summed E-state index contributed by atoms with van der Waals surface area (Å²) in [6.07, 6.45) is 9.23. The molecule has 5 amide bonds. The largest absolute Gasteiger partial charge is 0.478 e. The van der Waals surface area contributed by atoms with Crippen molar-refractivity contribution >= 4 is 47.5 Å². The summed E-state index contributed by atoms with van der Waals surface area (Å²) in [5.74, 6) is -5.01. The first-order valence-electron chi connectivity index (χ1n) is 21.9. The first-order chi connectivity index (χ1) is 30.6. The lowest BCUT2D eigenvalue weighted by Gasteiger charge is -2.43. The number of amides is 5. The number of piperazine rings is 1. The highest BCUT2D eigenvalue weighted by Gasteiger charge is 2.35. The molecule has 0 radical (unpaired) electrons. The molecule has 0 spiro atoms. The smallest absolute Gasteiger partial charge is 0.328 e. The molecule has 2 aromatic rings. The van der Waals surface area contributed by atoms with E-state index in [9.17, 15) is 33.6 Å². The summed E-state index contributed by atoms with van der Waals surface area (Å²) >= 11 is 0. The molecule has 348 valence electrons. The predicted octanol–water partition coefficient (Wildman–Crippen LogP) is 3.65. The number of para-hydroxylation sites is 1. The Balaban J connectivity index is 0.000000477. The van der Waals surface area contributed by atoms with Crippen molar-refractivity contribution in [3.63, 3.8) is 0 Å². The van der Waals surface area contributed by atoms with Crippen molar-refractivity contribution in [2.24, 2.45) is 0 Å². The van der Waals surface area contributed by atoms with Gasteiger partial charge >= 0.3 is 35.9 Å². The van der Waals surface area contributed by atoms with Crippen LogP contribution >= 0.6 is 0 Å². The van der Waals surface area contributed by atoms with Crippen LogP contribution in [0.5, 0.6) is 0 Å². The minimum absolute atomic E-state index is 0.0136. The van der Waals surface area contributed by atoms with Crippen molar-refractivity contribution in [2.75, 3.05) is 71.3 Å². The lowest BCUT2D eigenvalue weighted by atomic mass is 9.96. The van der Waals surface area contributed by atoms with Gasteiger partial charge in [0.25, 0.3) is 0 Å². The van der Waals surface area contributed by atoms with Gasteiger partial charge < -0.3 is 50.7 Å². The SMILES string of the molecule is CCc1ccc(C[C@@H](NC(=O)N2CCC(N3CCc4ccccc4NC3=O)CC2)C(=O)N2CCN(C3CCN(C)CC3)CC2)cc1CC.O=C(O)C=CC(=O)O.O=C(O)C=CC(=O)O. The molecule has 3 saturated heterocycles. The maximum absolute atomic E-state index is 14.2. The van der Waals surface area contributed by atoms with Crippen LogP contribution in [0.1, 0.15) is 61.8 Å². The summed E-state index contributed by atoms with van der Waals surface area (Å²) in [4.78, 5) is 90.0. The van der Waals surface area contributed by atoms with Gasteiger partial charge in [0.1, 0.15) is 6.04 Å². The minimum atomic E-state index is -1.26. The van der Waals surface area contributed by atoms with Gasteiger partial charge in [0, 0.05) is 94.3 Å². The van der Waals surface area contributed by atoms with Gasteiger partial charge in [0.15, 0.2) is 0 Å². The number of anilines is 1. The molecular formula is C46H63N7O11. The number of aliphatic carboxylic acids is 4. The molecule has 0 unspecified atom stereocenters. The number of benzene rings is 2. The van der Waals surface area contributed by atoms with Crippen LogP contribution in [-0.4, -0.2) is 171 Å². The molecule has 2 aromatic carbocycles. The van der Waals surface area contributed by atoms with Gasteiger partial charge in [-0.25, -0.2) is 28.8 Å². The van der Waals surface area contributed by atoms with Crippen LogP contribution in [0.4, 0.5) is 15.3 Å². The van der Waals surface area contributed by atoms with E-state index >= 15 is 0 Å². The van der Waals surface area contributed by atoms with Crippen LogP contribution in [-0.2, 0) is 49.7 Å². The molecule has 0 aromatic heterocycles. The highest BCUT2D eigenvalue weighted by Crippen LogP contribution is 2.25. The van der Waals surface area contributed by atoms with E-state index < -0.39 is 29.9 Å². The monoisotopic (exact) mass is 889 g/mol. The second-order valence-electron chi connectivity index (χ2n) is 16.2. The second kappa shape index (κ2) is 25.1. The van der Waals surface area contributed by atoms with Crippen molar-refractivity contribution in [3.8, 4) is 0 Å². The maximum Gasteiger partial charge on any atom is 0.328 e. The average molecular weight is 890 g/mol. The summed E-state index contributed by atoms with van der Waals surface area (Å²) in [7, 11) is 2.19. The molecule has 4 heterocycles. The standard InChI is InChI=1S/C38H55N7O3.2C4H4O4/c1-4-29-11-10-28(26-30(29)5-2)27-35(36(46)43-24-22-42(23-25-43)32-13-17-41(3)18-14-32)40-37(47)44-19-15-33(16-20-44)45-21-12-31-8-6-7-9-34(31)39-38(45)48;2*5-3(6)1-2-4(7)8/h6-11,26,32-33,35H,4-5,12-25,27H2,1-3H3,(H,39,48)(H,40,47);2*1-2H,(H,5,6)(H,7,8)/t35-;;/m1../s1. The number of aryl methyl sites for hydroxylation is 2. The number of hydrogen-bond donors (Lipinski definition) is 6. The third kappa shape index (κ3) is 15.8. The Morgan fingerprint density at radius 1 is 0.688 bits per heavy atom. The van der Waals surface area contributed by atoms with E-state index in [2.05, 4.69) is 65.6 Å². The molecule has 4 aliphatic heterocycles. The molecule has 0 saturated carbocycles. The lowest BCUT2D eigenvalue weighted by Crippen LogP contribution is -2.59. The number of carbonyl (C=O) groups is 7. The van der Waals surface area contributed by atoms with Gasteiger partial charge in [-0.1, -0.05) is 50.2 Å². The van der Waals surface area contributed by atoms with Gasteiger partial charge in [-0.15, -0.1) is 0 Å². The van der Waals surface area contributed by atoms with E-state index in [-0.39, 0.29) is 24.0 Å². The van der Waals surface area contributed by atoms with Crippen molar-refractivity contribution < 1.29 is 54.0 Å². The summed E-state index contributed by atoms with van der Waals surface area (Å²) < 4.78 is 0. The van der Waals surface area contributed by atoms with Crippen LogP contribution in [0.2, 0.25) is 0 Å². The van der Waals surface area contributed by atoms with E-state index in [0.29, 0.717) is 82.3 Å². The Morgan fingerprint density at radius 3 is 1.78 bits per heavy atom. The van der Waals surface area contributed by atoms with Crippen LogP contribution in [0.3, 0.4) is 0 Å². The molecule has 3 fully saturated rings. The number of rotatable bonds is 12. The quantitative estimate of drug-likeness (QED) is 0.167. The van der Waals surface area contributed by atoms with Crippen molar-refractivity contribution in [1.29, 1.82) is 0 Å². The molecule has 0 aliphatic carbocycles. The highest BCUT2D eigenvalue weighted by atomic mass is 16.4. The van der Waals surface area contributed by atoms with E-state index in [0.717, 1.165) is 62.3 Å². The molecule has 4 aliphatic rings. The molecule has 18 nitrogen and oxygen atoms in total. The first-order valence-corrected chi connectivity index (χ1v) is 21.9. The Kier molecular flexibility index (Phi) is 19.8. The van der Waals surface area contributed by atoms with Crippen LogP contribution < -0.4 is 10.6 Å². The topological polar surface area (TPSA) is 241 Å². The third-order valence-corrected chi connectivity index (χ3v) is 12.0. The summed E-state index contributed by atoms with van der Waals surface area (Å²) in [5, 5.41) is 37.5. The molecule has 6 rings (SSSR count). The van der Waals surface area contributed by atoms with E-state index in [1.807, 2.05) is 32.9 Å². The molecular weight excluding hydrogens is 827 g/mol. The van der Waals surface area contributed by atoms with Gasteiger partial charge in [0.05, 0.1) is 0 Å². The predicted molar refractivity (Wildman–Crippen MR) is 239 cm³/mol. The summed E-state index contributed by atoms with van der Waals surface area (Å²) in [6, 6.07) is 14.3. The number of carboxylic acid groups (broad SMARTS) is 4. The number of nitrogens with zero attached hydrogens (tertiary/aromatic N) is 5. The molecule has 0 bridgehead atoms. The summed E-state index contributed by atoms with van der Waals surface area (Å²) in [5.41, 5.74) is 5.76.